The van der Waals surface area contributed by atoms with Crippen LogP contribution in [-0.2, 0) is 9.53 Å². The number of hydrogen-bond acceptors (Lipinski definition) is 3. The minimum atomic E-state index is -0.884. The average molecular weight is 252 g/mol. The predicted octanol–water partition coefficient (Wildman–Crippen LogP) is 1.12. The normalized spacial score (nSPS) is 21.5. The third-order valence-corrected chi connectivity index (χ3v) is 2.99. The molecule has 1 aromatic rings. The molecule has 2 rings (SSSR count). The smallest absolute Gasteiger partial charge is 0.251 e. The van der Waals surface area contributed by atoms with E-state index >= 15 is 0 Å². The number of amides is 1. The summed E-state index contributed by atoms with van der Waals surface area (Å²) in [6, 6.07) is 5.80. The van der Waals surface area contributed by atoms with Crippen LogP contribution in [0.2, 0.25) is 0 Å². The van der Waals surface area contributed by atoms with Gasteiger partial charge in [0, 0.05) is 6.54 Å². The molecule has 5 heteroatoms. The molecule has 2 atom stereocenters. The Morgan fingerprint density at radius 1 is 1.56 bits per heavy atom. The van der Waals surface area contributed by atoms with Crippen LogP contribution in [0.25, 0.3) is 0 Å². The van der Waals surface area contributed by atoms with Gasteiger partial charge in [0.1, 0.15) is 5.82 Å². The highest BCUT2D eigenvalue weighted by Crippen LogP contribution is 2.22. The molecule has 1 heterocycles. The van der Waals surface area contributed by atoms with Crippen LogP contribution in [0.1, 0.15) is 24.5 Å². The largest absolute Gasteiger partial charge is 0.367 e. The first-order chi connectivity index (χ1) is 8.66. The van der Waals surface area contributed by atoms with Crippen molar-refractivity contribution in [3.8, 4) is 0 Å². The summed E-state index contributed by atoms with van der Waals surface area (Å²) in [5, 5.41) is 3.19. The fourth-order valence-electron chi connectivity index (χ4n) is 2.11. The number of hydrogen-bond donors (Lipinski definition) is 2. The number of carbonyl (C=O) groups is 1. The molecule has 0 spiro atoms. The summed E-state index contributed by atoms with van der Waals surface area (Å²) in [7, 11) is 0. The van der Waals surface area contributed by atoms with Crippen molar-refractivity contribution in [1.29, 1.82) is 0 Å². The van der Waals surface area contributed by atoms with Gasteiger partial charge >= 0.3 is 0 Å². The van der Waals surface area contributed by atoms with Gasteiger partial charge in [-0.25, -0.2) is 4.39 Å². The standard InChI is InChI=1S/C13H17FN2O2/c14-10-4-1-3-9(7-10)12(13(15)17)18-11-5-2-6-16-8-11/h1,3-4,7,11-12,16H,2,5-6,8H2,(H2,15,17)/t11-,12-/m0/s1. The Hall–Kier alpha value is -1.46. The second-order valence-electron chi connectivity index (χ2n) is 4.44. The minimum Gasteiger partial charge on any atom is -0.367 e. The van der Waals surface area contributed by atoms with Gasteiger partial charge in [-0.1, -0.05) is 12.1 Å². The van der Waals surface area contributed by atoms with E-state index in [9.17, 15) is 9.18 Å². The van der Waals surface area contributed by atoms with Crippen molar-refractivity contribution in [1.82, 2.24) is 5.32 Å². The number of piperidine rings is 1. The summed E-state index contributed by atoms with van der Waals surface area (Å²) in [5.41, 5.74) is 5.79. The quantitative estimate of drug-likeness (QED) is 0.844. The molecule has 1 aliphatic heterocycles. The number of ether oxygens (including phenoxy) is 1. The van der Waals surface area contributed by atoms with Crippen LogP contribution in [0.15, 0.2) is 24.3 Å². The third-order valence-electron chi connectivity index (χ3n) is 2.99. The van der Waals surface area contributed by atoms with Crippen molar-refractivity contribution in [3.05, 3.63) is 35.6 Å². The number of nitrogens with one attached hydrogen (secondary N) is 1. The van der Waals surface area contributed by atoms with Gasteiger partial charge in [-0.15, -0.1) is 0 Å². The summed E-state index contributed by atoms with van der Waals surface area (Å²) in [4.78, 5) is 11.4. The molecular weight excluding hydrogens is 235 g/mol. The Bertz CT molecular complexity index is 419. The molecule has 0 bridgehead atoms. The van der Waals surface area contributed by atoms with Crippen LogP contribution < -0.4 is 11.1 Å². The van der Waals surface area contributed by atoms with Gasteiger partial charge in [-0.2, -0.15) is 0 Å². The Labute approximate surface area is 105 Å². The molecule has 0 saturated carbocycles. The van der Waals surface area contributed by atoms with Gasteiger partial charge in [-0.05, 0) is 37.1 Å². The summed E-state index contributed by atoms with van der Waals surface area (Å²) in [6.45, 7) is 1.65. The van der Waals surface area contributed by atoms with E-state index < -0.39 is 17.8 Å². The number of nitrogens with two attached hydrogens (primary N) is 1. The van der Waals surface area contributed by atoms with Crippen LogP contribution in [0.3, 0.4) is 0 Å². The molecule has 3 N–H and O–H groups in total. The van der Waals surface area contributed by atoms with Crippen LogP contribution in [0.4, 0.5) is 4.39 Å². The zero-order valence-electron chi connectivity index (χ0n) is 10.1. The Morgan fingerprint density at radius 3 is 3.00 bits per heavy atom. The zero-order chi connectivity index (χ0) is 13.0. The summed E-state index contributed by atoms with van der Waals surface area (Å²) in [6.07, 6.45) is 0.941. The maximum absolute atomic E-state index is 13.1. The highest BCUT2D eigenvalue weighted by atomic mass is 19.1. The molecule has 0 unspecified atom stereocenters. The van der Waals surface area contributed by atoms with Crippen LogP contribution >= 0.6 is 0 Å². The second-order valence-corrected chi connectivity index (χ2v) is 4.44. The molecule has 1 aliphatic rings. The average Bonchev–Trinajstić information content (AvgIpc) is 2.37. The first-order valence-electron chi connectivity index (χ1n) is 6.08. The molecule has 4 nitrogen and oxygen atoms in total. The SMILES string of the molecule is NC(=O)[C@@H](O[C@H]1CCCNC1)c1cccc(F)c1. The topological polar surface area (TPSA) is 64.4 Å². The van der Waals surface area contributed by atoms with Gasteiger partial charge < -0.3 is 15.8 Å². The van der Waals surface area contributed by atoms with Gasteiger partial charge in [0.2, 0.25) is 0 Å². The number of benzene rings is 1. The molecule has 0 aliphatic carbocycles. The molecule has 1 amide bonds. The number of carbonyl (C=O) groups excluding carboxylic acids is 1. The lowest BCUT2D eigenvalue weighted by atomic mass is 10.1. The number of primary amides is 1. The maximum Gasteiger partial charge on any atom is 0.251 e. The highest BCUT2D eigenvalue weighted by molar-refractivity contribution is 5.80. The predicted molar refractivity (Wildman–Crippen MR) is 65.3 cm³/mol. The molecule has 0 aromatic heterocycles. The van der Waals surface area contributed by atoms with E-state index in [4.69, 9.17) is 10.5 Å². The van der Waals surface area contributed by atoms with E-state index in [1.807, 2.05) is 0 Å². The molecular formula is C13H17FN2O2. The van der Waals surface area contributed by atoms with E-state index in [0.717, 1.165) is 19.4 Å². The van der Waals surface area contributed by atoms with Crippen molar-refractivity contribution in [2.24, 2.45) is 5.73 Å². The lowest BCUT2D eigenvalue weighted by Gasteiger charge is -2.27. The second kappa shape index (κ2) is 5.93. The van der Waals surface area contributed by atoms with Crippen molar-refractivity contribution >= 4 is 5.91 Å². The summed E-state index contributed by atoms with van der Waals surface area (Å²) >= 11 is 0. The first-order valence-corrected chi connectivity index (χ1v) is 6.08. The van der Waals surface area contributed by atoms with Crippen molar-refractivity contribution < 1.29 is 13.9 Å². The van der Waals surface area contributed by atoms with Gasteiger partial charge in [0.05, 0.1) is 6.10 Å². The van der Waals surface area contributed by atoms with Gasteiger partial charge in [0.15, 0.2) is 6.10 Å². The third kappa shape index (κ3) is 3.27. The highest BCUT2D eigenvalue weighted by Gasteiger charge is 2.24. The van der Waals surface area contributed by atoms with Gasteiger partial charge in [0.25, 0.3) is 5.91 Å². The zero-order valence-corrected chi connectivity index (χ0v) is 10.1. The lowest BCUT2D eigenvalue weighted by molar-refractivity contribution is -0.134. The van der Waals surface area contributed by atoms with E-state index in [2.05, 4.69) is 5.32 Å². The first kappa shape index (κ1) is 13.0. The van der Waals surface area contributed by atoms with Crippen LogP contribution in [0.5, 0.6) is 0 Å². The van der Waals surface area contributed by atoms with Crippen LogP contribution in [-0.4, -0.2) is 25.1 Å². The molecule has 0 radical (unpaired) electrons. The maximum atomic E-state index is 13.1. The van der Waals surface area contributed by atoms with Crippen molar-refractivity contribution in [2.45, 2.75) is 25.0 Å². The monoisotopic (exact) mass is 252 g/mol. The fourth-order valence-corrected chi connectivity index (χ4v) is 2.11. The number of halogens is 1. The Balaban J connectivity index is 2.10. The van der Waals surface area contributed by atoms with Crippen molar-refractivity contribution in [3.63, 3.8) is 0 Å². The Morgan fingerprint density at radius 2 is 2.39 bits per heavy atom. The molecule has 1 saturated heterocycles. The van der Waals surface area contributed by atoms with E-state index in [-0.39, 0.29) is 6.10 Å². The van der Waals surface area contributed by atoms with E-state index in [1.165, 1.54) is 12.1 Å². The van der Waals surface area contributed by atoms with Gasteiger partial charge in [-0.3, -0.25) is 4.79 Å². The molecule has 1 aromatic carbocycles. The molecule has 18 heavy (non-hydrogen) atoms. The summed E-state index contributed by atoms with van der Waals surface area (Å²) in [5.74, 6) is -0.990. The summed E-state index contributed by atoms with van der Waals surface area (Å²) < 4.78 is 18.8. The van der Waals surface area contributed by atoms with E-state index in [0.29, 0.717) is 12.1 Å². The van der Waals surface area contributed by atoms with Crippen molar-refractivity contribution in [2.75, 3.05) is 13.1 Å². The minimum absolute atomic E-state index is 0.0560. The number of rotatable bonds is 4. The fraction of sp³-hybridized carbons (Fsp3) is 0.462. The van der Waals surface area contributed by atoms with E-state index in [1.54, 1.807) is 12.1 Å². The Kier molecular flexibility index (Phi) is 4.28. The van der Waals surface area contributed by atoms with Crippen LogP contribution in [0, 0.1) is 5.82 Å². The molecule has 1 fully saturated rings. The lowest BCUT2D eigenvalue weighted by Crippen LogP contribution is -2.38. The molecule has 98 valence electrons.